The Hall–Kier alpha value is -0.160. The van der Waals surface area contributed by atoms with Gasteiger partial charge in [0.05, 0.1) is 6.10 Å². The minimum Gasteiger partial charge on any atom is -0.390 e. The highest BCUT2D eigenvalue weighted by molar-refractivity contribution is 4.71. The van der Waals surface area contributed by atoms with Crippen LogP contribution in [0.3, 0.4) is 0 Å². The SMILES string of the molecule is CCC(N)[C@@H](O)CN(N)CC. The van der Waals surface area contributed by atoms with E-state index in [4.69, 9.17) is 11.6 Å². The predicted molar refractivity (Wildman–Crippen MR) is 45.7 cm³/mol. The average Bonchev–Trinajstić information content (AvgIpc) is 2.02. The lowest BCUT2D eigenvalue weighted by molar-refractivity contribution is 0.0923. The van der Waals surface area contributed by atoms with Crippen molar-refractivity contribution in [2.45, 2.75) is 32.4 Å². The minimum atomic E-state index is -0.509. The molecule has 0 bridgehead atoms. The molecule has 0 spiro atoms. The fourth-order valence-electron chi connectivity index (χ4n) is 0.777. The zero-order valence-electron chi connectivity index (χ0n) is 7.33. The molecule has 0 aliphatic rings. The topological polar surface area (TPSA) is 75.5 Å². The van der Waals surface area contributed by atoms with Crippen LogP contribution >= 0.6 is 0 Å². The summed E-state index contributed by atoms with van der Waals surface area (Å²) in [5.41, 5.74) is 5.59. The van der Waals surface area contributed by atoms with E-state index in [0.717, 1.165) is 13.0 Å². The van der Waals surface area contributed by atoms with Crippen molar-refractivity contribution in [2.75, 3.05) is 13.1 Å². The Bertz CT molecular complexity index is 99.7. The second kappa shape index (κ2) is 5.49. The Morgan fingerprint density at radius 3 is 2.36 bits per heavy atom. The Morgan fingerprint density at radius 2 is 2.00 bits per heavy atom. The summed E-state index contributed by atoms with van der Waals surface area (Å²) in [7, 11) is 0. The van der Waals surface area contributed by atoms with Gasteiger partial charge in [-0.25, -0.2) is 5.01 Å². The summed E-state index contributed by atoms with van der Waals surface area (Å²) in [6.07, 6.45) is 0.267. The second-order valence-electron chi connectivity index (χ2n) is 2.73. The first-order chi connectivity index (χ1) is 5.11. The summed E-state index contributed by atoms with van der Waals surface area (Å²) in [6.45, 7) is 5.06. The monoisotopic (exact) mass is 161 g/mol. The normalized spacial score (nSPS) is 16.9. The van der Waals surface area contributed by atoms with Gasteiger partial charge in [0, 0.05) is 19.1 Å². The van der Waals surface area contributed by atoms with Crippen LogP contribution in [0, 0.1) is 0 Å². The van der Waals surface area contributed by atoms with Crippen molar-refractivity contribution in [2.24, 2.45) is 11.6 Å². The van der Waals surface area contributed by atoms with Crippen molar-refractivity contribution in [1.82, 2.24) is 5.01 Å². The fourth-order valence-corrected chi connectivity index (χ4v) is 0.777. The maximum absolute atomic E-state index is 9.37. The number of nitrogens with two attached hydrogens (primary N) is 2. The molecule has 4 nitrogen and oxygen atoms in total. The number of hydrogen-bond donors (Lipinski definition) is 3. The van der Waals surface area contributed by atoms with E-state index in [0.29, 0.717) is 6.54 Å². The summed E-state index contributed by atoms with van der Waals surface area (Å²) in [6, 6.07) is -0.160. The highest BCUT2D eigenvalue weighted by Gasteiger charge is 2.13. The molecule has 0 amide bonds. The van der Waals surface area contributed by atoms with Crippen molar-refractivity contribution < 1.29 is 5.11 Å². The molecular weight excluding hydrogens is 142 g/mol. The molecule has 0 saturated heterocycles. The summed E-state index contributed by atoms with van der Waals surface area (Å²) >= 11 is 0. The lowest BCUT2D eigenvalue weighted by atomic mass is 10.1. The van der Waals surface area contributed by atoms with E-state index in [-0.39, 0.29) is 6.04 Å². The molecular formula is C7H19N3O. The largest absolute Gasteiger partial charge is 0.390 e. The van der Waals surface area contributed by atoms with Gasteiger partial charge in [0.25, 0.3) is 0 Å². The van der Waals surface area contributed by atoms with Crippen LogP contribution in [0.2, 0.25) is 0 Å². The van der Waals surface area contributed by atoms with Gasteiger partial charge in [0.15, 0.2) is 0 Å². The third-order valence-electron chi connectivity index (χ3n) is 1.79. The van der Waals surface area contributed by atoms with Crippen LogP contribution < -0.4 is 11.6 Å². The summed E-state index contributed by atoms with van der Waals surface area (Å²) < 4.78 is 0. The fraction of sp³-hybridized carbons (Fsp3) is 1.00. The molecule has 11 heavy (non-hydrogen) atoms. The summed E-state index contributed by atoms with van der Waals surface area (Å²) in [4.78, 5) is 0. The molecule has 0 radical (unpaired) electrons. The van der Waals surface area contributed by atoms with Crippen molar-refractivity contribution in [3.63, 3.8) is 0 Å². The van der Waals surface area contributed by atoms with E-state index in [1.165, 1.54) is 0 Å². The molecule has 0 rings (SSSR count). The first-order valence-electron chi connectivity index (χ1n) is 4.05. The number of hydrazine groups is 1. The third-order valence-corrected chi connectivity index (χ3v) is 1.79. The van der Waals surface area contributed by atoms with Gasteiger partial charge < -0.3 is 10.8 Å². The molecule has 5 N–H and O–H groups in total. The average molecular weight is 161 g/mol. The molecule has 68 valence electrons. The van der Waals surface area contributed by atoms with Crippen molar-refractivity contribution >= 4 is 0 Å². The Kier molecular flexibility index (Phi) is 5.41. The third kappa shape index (κ3) is 4.31. The molecule has 0 aromatic heterocycles. The van der Waals surface area contributed by atoms with Crippen LogP contribution in [0.1, 0.15) is 20.3 Å². The van der Waals surface area contributed by atoms with Gasteiger partial charge in [0.2, 0.25) is 0 Å². The zero-order valence-corrected chi connectivity index (χ0v) is 7.33. The van der Waals surface area contributed by atoms with Crippen LogP contribution in [0.25, 0.3) is 0 Å². The van der Waals surface area contributed by atoms with E-state index in [9.17, 15) is 5.11 Å². The number of likely N-dealkylation sites (N-methyl/N-ethyl adjacent to an activating group) is 1. The zero-order chi connectivity index (χ0) is 8.85. The number of rotatable bonds is 5. The van der Waals surface area contributed by atoms with Gasteiger partial charge in [-0.1, -0.05) is 13.8 Å². The van der Waals surface area contributed by atoms with Crippen molar-refractivity contribution in [3.05, 3.63) is 0 Å². The standard InChI is InChI=1S/C7H19N3O/c1-3-6(8)7(11)5-10(9)4-2/h6-7,11H,3-5,8-9H2,1-2H3/t6?,7-/m0/s1. The second-order valence-corrected chi connectivity index (χ2v) is 2.73. The van der Waals surface area contributed by atoms with Crippen molar-refractivity contribution in [3.8, 4) is 0 Å². The van der Waals surface area contributed by atoms with Crippen LogP contribution in [0.5, 0.6) is 0 Å². The molecule has 0 aliphatic heterocycles. The Morgan fingerprint density at radius 1 is 1.45 bits per heavy atom. The molecule has 2 atom stereocenters. The molecule has 1 unspecified atom stereocenters. The maximum Gasteiger partial charge on any atom is 0.0831 e. The molecule has 0 aliphatic carbocycles. The first-order valence-corrected chi connectivity index (χ1v) is 4.05. The van der Waals surface area contributed by atoms with Gasteiger partial charge in [-0.3, -0.25) is 5.84 Å². The first kappa shape index (κ1) is 10.8. The van der Waals surface area contributed by atoms with E-state index in [1.54, 1.807) is 5.01 Å². The van der Waals surface area contributed by atoms with Gasteiger partial charge in [0.1, 0.15) is 0 Å². The van der Waals surface area contributed by atoms with Gasteiger partial charge in [-0.05, 0) is 6.42 Å². The van der Waals surface area contributed by atoms with Crippen LogP contribution in [-0.4, -0.2) is 35.4 Å². The van der Waals surface area contributed by atoms with Crippen LogP contribution in [-0.2, 0) is 0 Å². The smallest absolute Gasteiger partial charge is 0.0831 e. The number of nitrogens with zero attached hydrogens (tertiary/aromatic N) is 1. The molecule has 0 fully saturated rings. The highest BCUT2D eigenvalue weighted by Crippen LogP contribution is 1.95. The van der Waals surface area contributed by atoms with Crippen LogP contribution in [0.4, 0.5) is 0 Å². The lowest BCUT2D eigenvalue weighted by Gasteiger charge is -2.22. The predicted octanol–water partition coefficient (Wildman–Crippen LogP) is -0.720. The summed E-state index contributed by atoms with van der Waals surface area (Å²) in [5, 5.41) is 10.9. The molecule has 0 aromatic carbocycles. The lowest BCUT2D eigenvalue weighted by Crippen LogP contribution is -2.45. The molecule has 0 saturated carbocycles. The van der Waals surface area contributed by atoms with Gasteiger partial charge >= 0.3 is 0 Å². The number of aliphatic hydroxyl groups excluding tert-OH is 1. The van der Waals surface area contributed by atoms with E-state index < -0.39 is 6.10 Å². The molecule has 4 heteroatoms. The van der Waals surface area contributed by atoms with Gasteiger partial charge in [-0.2, -0.15) is 0 Å². The molecule has 0 aromatic rings. The van der Waals surface area contributed by atoms with E-state index >= 15 is 0 Å². The van der Waals surface area contributed by atoms with Crippen LogP contribution in [0.15, 0.2) is 0 Å². The summed E-state index contributed by atoms with van der Waals surface area (Å²) in [5.74, 6) is 5.48. The number of hydrogen-bond acceptors (Lipinski definition) is 4. The minimum absolute atomic E-state index is 0.160. The Labute approximate surface area is 68.1 Å². The van der Waals surface area contributed by atoms with E-state index in [2.05, 4.69) is 0 Å². The highest BCUT2D eigenvalue weighted by atomic mass is 16.3. The number of aliphatic hydroxyl groups is 1. The maximum atomic E-state index is 9.37. The quantitative estimate of drug-likeness (QED) is 0.367. The van der Waals surface area contributed by atoms with Crippen molar-refractivity contribution in [1.29, 1.82) is 0 Å². The Balaban J connectivity index is 3.58. The van der Waals surface area contributed by atoms with E-state index in [1.807, 2.05) is 13.8 Å². The molecule has 0 heterocycles. The van der Waals surface area contributed by atoms with Gasteiger partial charge in [-0.15, -0.1) is 0 Å².